The van der Waals surface area contributed by atoms with Crippen LogP contribution in [0.3, 0.4) is 0 Å². The Labute approximate surface area is 112 Å². The molecule has 18 heavy (non-hydrogen) atoms. The first-order chi connectivity index (χ1) is 8.54. The summed E-state index contributed by atoms with van der Waals surface area (Å²) in [4.78, 5) is 11.7. The molecular formula is C14H18ClNO2. The highest BCUT2D eigenvalue weighted by Crippen LogP contribution is 2.40. The van der Waals surface area contributed by atoms with E-state index in [4.69, 9.17) is 11.6 Å². The molecule has 0 radical (unpaired) electrons. The molecule has 0 saturated carbocycles. The second-order valence-corrected chi connectivity index (χ2v) is 5.26. The normalized spacial score (nSPS) is 19.6. The summed E-state index contributed by atoms with van der Waals surface area (Å²) in [7, 11) is 0. The molecule has 1 aromatic carbocycles. The lowest BCUT2D eigenvalue weighted by molar-refractivity contribution is -0.116. The van der Waals surface area contributed by atoms with Crippen molar-refractivity contribution in [3.05, 3.63) is 28.3 Å². The molecule has 1 amide bonds. The molecular weight excluding hydrogens is 250 g/mol. The molecule has 2 unspecified atom stereocenters. The first kappa shape index (κ1) is 13.4. The minimum atomic E-state index is -0.567. The Balaban J connectivity index is 2.37. The van der Waals surface area contributed by atoms with Gasteiger partial charge in [-0.15, -0.1) is 0 Å². The highest BCUT2D eigenvalue weighted by Gasteiger charge is 2.30. The van der Waals surface area contributed by atoms with Crippen LogP contribution in [0.4, 0.5) is 5.69 Å². The topological polar surface area (TPSA) is 49.3 Å². The summed E-state index contributed by atoms with van der Waals surface area (Å²) in [5.74, 6) is -0.230. The van der Waals surface area contributed by atoms with Crippen molar-refractivity contribution in [3.63, 3.8) is 0 Å². The minimum Gasteiger partial charge on any atom is -0.388 e. The predicted octanol–water partition coefficient (Wildman–Crippen LogP) is 3.62. The van der Waals surface area contributed by atoms with E-state index in [1.165, 1.54) is 0 Å². The van der Waals surface area contributed by atoms with Crippen LogP contribution in [0.2, 0.25) is 5.02 Å². The van der Waals surface area contributed by atoms with Gasteiger partial charge in [0.05, 0.1) is 17.7 Å². The van der Waals surface area contributed by atoms with Crippen LogP contribution in [0.25, 0.3) is 0 Å². The molecule has 98 valence electrons. The number of halogens is 1. The summed E-state index contributed by atoms with van der Waals surface area (Å²) < 4.78 is 0. The number of aliphatic hydroxyl groups is 1. The summed E-state index contributed by atoms with van der Waals surface area (Å²) in [5.41, 5.74) is 2.38. The molecule has 2 N–H and O–H groups in total. The van der Waals surface area contributed by atoms with Crippen molar-refractivity contribution in [1.29, 1.82) is 0 Å². The number of anilines is 1. The second-order valence-electron chi connectivity index (χ2n) is 4.83. The molecule has 0 aromatic heterocycles. The van der Waals surface area contributed by atoms with Gasteiger partial charge in [0, 0.05) is 10.6 Å². The molecule has 4 heteroatoms. The van der Waals surface area contributed by atoms with Gasteiger partial charge in [0.2, 0.25) is 5.91 Å². The summed E-state index contributed by atoms with van der Waals surface area (Å²) in [5, 5.41) is 13.6. The molecule has 2 rings (SSSR count). The van der Waals surface area contributed by atoms with E-state index in [2.05, 4.69) is 12.2 Å². The van der Waals surface area contributed by atoms with E-state index in [1.54, 1.807) is 12.1 Å². The third-order valence-electron chi connectivity index (χ3n) is 3.46. The molecule has 0 fully saturated rings. The van der Waals surface area contributed by atoms with E-state index < -0.39 is 6.10 Å². The van der Waals surface area contributed by atoms with Crippen molar-refractivity contribution in [2.75, 3.05) is 5.32 Å². The zero-order chi connectivity index (χ0) is 13.3. The maximum Gasteiger partial charge on any atom is 0.231 e. The largest absolute Gasteiger partial charge is 0.388 e. The minimum absolute atomic E-state index is 0.0313. The lowest BCUT2D eigenvalue weighted by Crippen LogP contribution is -2.09. The van der Waals surface area contributed by atoms with Gasteiger partial charge in [-0.2, -0.15) is 0 Å². The van der Waals surface area contributed by atoms with Crippen LogP contribution in [-0.2, 0) is 4.79 Å². The number of nitrogens with one attached hydrogen (secondary N) is 1. The number of carbonyl (C=O) groups is 1. The number of amides is 1. The number of aliphatic hydroxyl groups excluding tert-OH is 1. The summed E-state index contributed by atoms with van der Waals surface area (Å²) in [6, 6.07) is 3.55. The average Bonchev–Trinajstić information content (AvgIpc) is 2.62. The number of unbranched alkanes of at least 4 members (excludes halogenated alkanes) is 1. The smallest absolute Gasteiger partial charge is 0.231 e. The van der Waals surface area contributed by atoms with Gasteiger partial charge in [-0.3, -0.25) is 4.79 Å². The molecule has 1 aliphatic heterocycles. The quantitative estimate of drug-likeness (QED) is 0.875. The van der Waals surface area contributed by atoms with Crippen LogP contribution in [0.5, 0.6) is 0 Å². The summed E-state index contributed by atoms with van der Waals surface area (Å²) >= 11 is 6.07. The number of hydrogen-bond acceptors (Lipinski definition) is 2. The van der Waals surface area contributed by atoms with Crippen molar-refractivity contribution >= 4 is 23.2 Å². The Morgan fingerprint density at radius 1 is 1.50 bits per heavy atom. The molecule has 0 saturated heterocycles. The van der Waals surface area contributed by atoms with E-state index in [9.17, 15) is 9.90 Å². The summed E-state index contributed by atoms with van der Waals surface area (Å²) in [6.45, 7) is 3.93. The van der Waals surface area contributed by atoms with Gasteiger partial charge in [0.15, 0.2) is 0 Å². The van der Waals surface area contributed by atoms with Crippen LogP contribution in [0, 0.1) is 0 Å². The van der Waals surface area contributed by atoms with Gasteiger partial charge in [0.25, 0.3) is 0 Å². The molecule has 2 atom stereocenters. The van der Waals surface area contributed by atoms with E-state index in [0.717, 1.165) is 29.7 Å². The summed E-state index contributed by atoms with van der Waals surface area (Å²) in [6.07, 6.45) is 2.10. The Kier molecular flexibility index (Phi) is 3.93. The van der Waals surface area contributed by atoms with Crippen molar-refractivity contribution in [2.24, 2.45) is 0 Å². The lowest BCUT2D eigenvalue weighted by Gasteiger charge is -2.15. The number of rotatable bonds is 4. The number of hydrogen-bond donors (Lipinski definition) is 2. The number of fused-ring (bicyclic) bond motifs is 1. The number of carbonyl (C=O) groups excluding carboxylic acids is 1. The fourth-order valence-electron chi connectivity index (χ4n) is 2.32. The Bertz CT molecular complexity index is 473. The van der Waals surface area contributed by atoms with Gasteiger partial charge in [-0.05, 0) is 31.0 Å². The first-order valence-electron chi connectivity index (χ1n) is 6.36. The van der Waals surface area contributed by atoms with Crippen LogP contribution >= 0.6 is 11.6 Å². The average molecular weight is 268 g/mol. The highest BCUT2D eigenvalue weighted by molar-refractivity contribution is 6.31. The maximum atomic E-state index is 11.7. The van der Waals surface area contributed by atoms with E-state index in [0.29, 0.717) is 11.4 Å². The van der Waals surface area contributed by atoms with Crippen molar-refractivity contribution in [1.82, 2.24) is 0 Å². The van der Waals surface area contributed by atoms with Gasteiger partial charge in [0.1, 0.15) is 0 Å². The second kappa shape index (κ2) is 5.29. The van der Waals surface area contributed by atoms with E-state index in [1.807, 2.05) is 6.92 Å². The van der Waals surface area contributed by atoms with E-state index in [-0.39, 0.29) is 11.8 Å². The van der Waals surface area contributed by atoms with Crippen molar-refractivity contribution in [3.8, 4) is 0 Å². The molecule has 1 aromatic rings. The molecule has 1 aliphatic rings. The Hall–Kier alpha value is -1.06. The SMILES string of the molecule is CCCCC(O)c1cc(Cl)cc2c1NC(=O)C2C. The van der Waals surface area contributed by atoms with Gasteiger partial charge in [-0.1, -0.05) is 31.4 Å². The van der Waals surface area contributed by atoms with Gasteiger partial charge < -0.3 is 10.4 Å². The third-order valence-corrected chi connectivity index (χ3v) is 3.68. The van der Waals surface area contributed by atoms with Gasteiger partial charge in [-0.25, -0.2) is 0 Å². The van der Waals surface area contributed by atoms with Crippen LogP contribution < -0.4 is 5.32 Å². The first-order valence-corrected chi connectivity index (χ1v) is 6.74. The zero-order valence-electron chi connectivity index (χ0n) is 10.7. The molecule has 0 aliphatic carbocycles. The lowest BCUT2D eigenvalue weighted by atomic mass is 9.96. The van der Waals surface area contributed by atoms with Crippen LogP contribution in [0.1, 0.15) is 56.3 Å². The fourth-order valence-corrected chi connectivity index (χ4v) is 2.56. The standard InChI is InChI=1S/C14H18ClNO2/c1-3-4-5-12(17)11-7-9(15)6-10-8(2)14(18)16-13(10)11/h6-8,12,17H,3-5H2,1-2H3,(H,16,18). The predicted molar refractivity (Wildman–Crippen MR) is 73.0 cm³/mol. The van der Waals surface area contributed by atoms with Crippen molar-refractivity contribution < 1.29 is 9.90 Å². The highest BCUT2D eigenvalue weighted by atomic mass is 35.5. The Morgan fingerprint density at radius 3 is 2.89 bits per heavy atom. The maximum absolute atomic E-state index is 11.7. The van der Waals surface area contributed by atoms with Crippen molar-refractivity contribution in [2.45, 2.75) is 45.1 Å². The number of benzene rings is 1. The third kappa shape index (κ3) is 2.38. The molecule has 3 nitrogen and oxygen atoms in total. The van der Waals surface area contributed by atoms with Gasteiger partial charge >= 0.3 is 0 Å². The monoisotopic (exact) mass is 267 g/mol. The van der Waals surface area contributed by atoms with E-state index >= 15 is 0 Å². The Morgan fingerprint density at radius 2 is 2.22 bits per heavy atom. The fraction of sp³-hybridized carbons (Fsp3) is 0.500. The van der Waals surface area contributed by atoms with Crippen LogP contribution in [-0.4, -0.2) is 11.0 Å². The zero-order valence-corrected chi connectivity index (χ0v) is 11.4. The molecule has 0 bridgehead atoms. The molecule has 0 spiro atoms. The molecule has 1 heterocycles. The van der Waals surface area contributed by atoms with Crippen LogP contribution in [0.15, 0.2) is 12.1 Å².